The molecule has 6 heteroatoms. The Morgan fingerprint density at radius 1 is 0.867 bits per heavy atom. The van der Waals surface area contributed by atoms with Gasteiger partial charge in [0.2, 0.25) is 0 Å². The number of benzene rings is 1. The number of hydrogen-bond acceptors (Lipinski definition) is 4. The van der Waals surface area contributed by atoms with E-state index in [1.165, 1.54) is 76.4 Å². The van der Waals surface area contributed by atoms with Crippen molar-refractivity contribution in [2.24, 2.45) is 11.7 Å². The quantitative estimate of drug-likeness (QED) is 0.350. The second kappa shape index (κ2) is 17.9. The van der Waals surface area contributed by atoms with Crippen LogP contribution < -0.4 is 15.2 Å². The van der Waals surface area contributed by atoms with E-state index in [1.807, 2.05) is 6.07 Å². The third-order valence-electron chi connectivity index (χ3n) is 6.17. The van der Waals surface area contributed by atoms with E-state index < -0.39 is 0 Å². The minimum atomic E-state index is 0. The number of halogens is 2. The van der Waals surface area contributed by atoms with E-state index in [9.17, 15) is 0 Å². The highest BCUT2D eigenvalue weighted by atomic mass is 35.5. The highest BCUT2D eigenvalue weighted by Gasteiger charge is 2.15. The summed E-state index contributed by atoms with van der Waals surface area (Å²) in [6.07, 6.45) is 14.7. The summed E-state index contributed by atoms with van der Waals surface area (Å²) in [4.78, 5) is 2.69. The molecule has 2 N–H and O–H groups in total. The molecule has 1 saturated carbocycles. The lowest BCUT2D eigenvalue weighted by Gasteiger charge is -2.27. The summed E-state index contributed by atoms with van der Waals surface area (Å²) in [7, 11) is 3.40. The smallest absolute Gasteiger partial charge is 0.160 e. The van der Waals surface area contributed by atoms with Crippen molar-refractivity contribution in [2.45, 2.75) is 70.6 Å². The summed E-state index contributed by atoms with van der Waals surface area (Å²) in [5.41, 5.74) is 6.95. The van der Waals surface area contributed by atoms with E-state index >= 15 is 0 Å². The Morgan fingerprint density at radius 2 is 1.57 bits per heavy atom. The lowest BCUT2D eigenvalue weighted by molar-refractivity contribution is 0.229. The molecule has 30 heavy (non-hydrogen) atoms. The molecule has 0 unspecified atom stereocenters. The fraction of sp³-hybridized carbons (Fsp3) is 0.750. The maximum atomic E-state index is 5.63. The van der Waals surface area contributed by atoms with Crippen LogP contribution in [0.3, 0.4) is 0 Å². The predicted molar refractivity (Wildman–Crippen MR) is 133 cm³/mol. The predicted octanol–water partition coefficient (Wildman–Crippen LogP) is 5.88. The van der Waals surface area contributed by atoms with Gasteiger partial charge in [-0.3, -0.25) is 0 Å². The van der Waals surface area contributed by atoms with Crippen LogP contribution >= 0.6 is 24.8 Å². The van der Waals surface area contributed by atoms with Gasteiger partial charge in [0.15, 0.2) is 11.5 Å². The van der Waals surface area contributed by atoms with Crippen molar-refractivity contribution in [1.29, 1.82) is 0 Å². The van der Waals surface area contributed by atoms with Crippen molar-refractivity contribution in [2.75, 3.05) is 40.4 Å². The highest BCUT2D eigenvalue weighted by molar-refractivity contribution is 5.85. The fourth-order valence-electron chi connectivity index (χ4n) is 4.33. The van der Waals surface area contributed by atoms with E-state index in [1.54, 1.807) is 14.2 Å². The molecule has 1 aromatic carbocycles. The van der Waals surface area contributed by atoms with Crippen LogP contribution in [0.2, 0.25) is 0 Å². The zero-order chi connectivity index (χ0) is 20.0. The molecule has 2 rings (SSSR count). The Bertz CT molecular complexity index is 540. The zero-order valence-corrected chi connectivity index (χ0v) is 20.7. The third kappa shape index (κ3) is 11.1. The largest absolute Gasteiger partial charge is 0.493 e. The first kappa shape index (κ1) is 29.3. The molecular formula is C24H44Cl2N2O2. The van der Waals surface area contributed by atoms with Crippen LogP contribution in [0, 0.1) is 5.92 Å². The normalized spacial score (nSPS) is 14.1. The molecular weight excluding hydrogens is 419 g/mol. The molecule has 0 amide bonds. The van der Waals surface area contributed by atoms with Crippen LogP contribution in [0.25, 0.3) is 0 Å². The Kier molecular flexibility index (Phi) is 17.5. The molecule has 1 aliphatic rings. The van der Waals surface area contributed by atoms with Crippen LogP contribution in [0.5, 0.6) is 11.5 Å². The molecule has 0 spiro atoms. The molecule has 1 aromatic rings. The first-order valence-electron chi connectivity index (χ1n) is 11.4. The van der Waals surface area contributed by atoms with Gasteiger partial charge >= 0.3 is 0 Å². The van der Waals surface area contributed by atoms with Crippen LogP contribution in [0.4, 0.5) is 0 Å². The summed E-state index contributed by atoms with van der Waals surface area (Å²) in [6.45, 7) is 4.41. The topological polar surface area (TPSA) is 47.7 Å². The SMILES string of the molecule is COc1ccc(CCN(CCCCCCN)CCC2CCCCC2)cc1OC.Cl.Cl. The Labute approximate surface area is 197 Å². The van der Waals surface area contributed by atoms with Gasteiger partial charge in [0.05, 0.1) is 14.2 Å². The number of rotatable bonds is 14. The monoisotopic (exact) mass is 462 g/mol. The second-order valence-electron chi connectivity index (χ2n) is 8.28. The Balaban J connectivity index is 0.00000420. The van der Waals surface area contributed by atoms with Gasteiger partial charge < -0.3 is 20.1 Å². The molecule has 1 aliphatic carbocycles. The first-order chi connectivity index (χ1) is 13.8. The maximum Gasteiger partial charge on any atom is 0.160 e. The highest BCUT2D eigenvalue weighted by Crippen LogP contribution is 2.28. The molecule has 0 aromatic heterocycles. The number of nitrogens with two attached hydrogens (primary N) is 1. The molecule has 0 saturated heterocycles. The molecule has 176 valence electrons. The summed E-state index contributed by atoms with van der Waals surface area (Å²) in [5.74, 6) is 2.59. The van der Waals surface area contributed by atoms with Crippen LogP contribution in [0.15, 0.2) is 18.2 Å². The van der Waals surface area contributed by atoms with Crippen molar-refractivity contribution < 1.29 is 9.47 Å². The van der Waals surface area contributed by atoms with Gasteiger partial charge in [-0.25, -0.2) is 0 Å². The summed E-state index contributed by atoms with van der Waals surface area (Å²) < 4.78 is 10.8. The van der Waals surface area contributed by atoms with Crippen LogP contribution in [0.1, 0.15) is 69.8 Å². The van der Waals surface area contributed by atoms with Crippen molar-refractivity contribution in [3.63, 3.8) is 0 Å². The average Bonchev–Trinajstić information content (AvgIpc) is 2.75. The Hall–Kier alpha value is -0.680. The average molecular weight is 464 g/mol. The van der Waals surface area contributed by atoms with Gasteiger partial charge in [0.25, 0.3) is 0 Å². The van der Waals surface area contributed by atoms with Gasteiger partial charge in [-0.2, -0.15) is 0 Å². The summed E-state index contributed by atoms with van der Waals surface area (Å²) in [5, 5.41) is 0. The summed E-state index contributed by atoms with van der Waals surface area (Å²) in [6, 6.07) is 6.31. The van der Waals surface area contributed by atoms with Gasteiger partial charge in [0, 0.05) is 6.54 Å². The van der Waals surface area contributed by atoms with Crippen LogP contribution in [-0.4, -0.2) is 45.3 Å². The molecule has 0 radical (unpaired) electrons. The van der Waals surface area contributed by atoms with Gasteiger partial charge in [0.1, 0.15) is 0 Å². The molecule has 0 aliphatic heterocycles. The van der Waals surface area contributed by atoms with Gasteiger partial charge in [-0.05, 0) is 68.9 Å². The lowest BCUT2D eigenvalue weighted by atomic mass is 9.87. The van der Waals surface area contributed by atoms with Crippen LogP contribution in [-0.2, 0) is 6.42 Å². The van der Waals surface area contributed by atoms with Crippen molar-refractivity contribution >= 4 is 24.8 Å². The fourth-order valence-corrected chi connectivity index (χ4v) is 4.33. The first-order valence-corrected chi connectivity index (χ1v) is 11.4. The van der Waals surface area contributed by atoms with E-state index in [0.29, 0.717) is 0 Å². The second-order valence-corrected chi connectivity index (χ2v) is 8.28. The van der Waals surface area contributed by atoms with E-state index in [-0.39, 0.29) is 24.8 Å². The third-order valence-corrected chi connectivity index (χ3v) is 6.17. The minimum Gasteiger partial charge on any atom is -0.493 e. The number of unbranched alkanes of at least 4 members (excludes halogenated alkanes) is 3. The molecule has 0 atom stereocenters. The molecule has 0 heterocycles. The van der Waals surface area contributed by atoms with E-state index in [0.717, 1.165) is 43.3 Å². The van der Waals surface area contributed by atoms with Gasteiger partial charge in [-0.1, -0.05) is 51.0 Å². The maximum absolute atomic E-state index is 5.63. The van der Waals surface area contributed by atoms with Gasteiger partial charge in [-0.15, -0.1) is 24.8 Å². The summed E-state index contributed by atoms with van der Waals surface area (Å²) >= 11 is 0. The number of ether oxygens (including phenoxy) is 2. The molecule has 0 bridgehead atoms. The minimum absolute atomic E-state index is 0. The van der Waals surface area contributed by atoms with Crippen molar-refractivity contribution in [1.82, 2.24) is 4.90 Å². The Morgan fingerprint density at radius 3 is 2.23 bits per heavy atom. The lowest BCUT2D eigenvalue weighted by Crippen LogP contribution is -2.30. The van der Waals surface area contributed by atoms with E-state index in [2.05, 4.69) is 17.0 Å². The number of methoxy groups -OCH3 is 2. The van der Waals surface area contributed by atoms with E-state index in [4.69, 9.17) is 15.2 Å². The standard InChI is InChI=1S/C24H42N2O2.2ClH/c1-27-23-13-12-22(20-24(23)28-2)15-19-26(17-9-4-3-8-16-25)18-14-21-10-6-5-7-11-21;;/h12-13,20-21H,3-11,14-19,25H2,1-2H3;2*1H. The number of hydrogen-bond donors (Lipinski definition) is 1. The zero-order valence-electron chi connectivity index (χ0n) is 19.1. The van der Waals surface area contributed by atoms with Crippen molar-refractivity contribution in [3.05, 3.63) is 23.8 Å². The molecule has 4 nitrogen and oxygen atoms in total. The number of nitrogens with zero attached hydrogens (tertiary/aromatic N) is 1. The molecule has 1 fully saturated rings. The van der Waals surface area contributed by atoms with Crippen molar-refractivity contribution in [3.8, 4) is 11.5 Å².